The summed E-state index contributed by atoms with van der Waals surface area (Å²) < 4.78 is 0. The molecule has 0 saturated heterocycles. The van der Waals surface area contributed by atoms with Gasteiger partial charge in [0.15, 0.2) is 0 Å². The van der Waals surface area contributed by atoms with E-state index in [-0.39, 0.29) is 16.0 Å². The van der Waals surface area contributed by atoms with Gasteiger partial charge < -0.3 is 10.2 Å². The molecular weight excluding hydrogens is 250 g/mol. The van der Waals surface area contributed by atoms with Gasteiger partial charge in [-0.15, -0.1) is 11.8 Å². The number of aromatic nitrogens is 1. The van der Waals surface area contributed by atoms with Crippen molar-refractivity contribution in [2.24, 2.45) is 0 Å². The van der Waals surface area contributed by atoms with Crippen molar-refractivity contribution in [2.75, 3.05) is 0 Å². The highest BCUT2D eigenvalue weighted by molar-refractivity contribution is 7.99. The summed E-state index contributed by atoms with van der Waals surface area (Å²) in [5, 5.41) is 18.7. The van der Waals surface area contributed by atoms with Crippen molar-refractivity contribution in [1.82, 2.24) is 4.98 Å². The van der Waals surface area contributed by atoms with Crippen LogP contribution in [0.1, 0.15) is 24.2 Å². The maximum Gasteiger partial charge on any atom is 0.335 e. The fourth-order valence-corrected chi connectivity index (χ4v) is 2.13. The number of hydrogen-bond acceptors (Lipinski definition) is 4. The molecule has 1 rings (SSSR count). The molecule has 0 aliphatic heterocycles. The van der Waals surface area contributed by atoms with Crippen molar-refractivity contribution >= 4 is 29.3 Å². The molecule has 1 aromatic rings. The number of carbonyl (C=O) groups is 1. The fraction of sp³-hybridized carbons (Fsp3) is 0.400. The number of aromatic carboxylic acids is 1. The van der Waals surface area contributed by atoms with E-state index in [9.17, 15) is 9.90 Å². The zero-order chi connectivity index (χ0) is 12.3. The van der Waals surface area contributed by atoms with Gasteiger partial charge in [-0.25, -0.2) is 9.78 Å². The summed E-state index contributed by atoms with van der Waals surface area (Å²) in [6.07, 6.45) is -0.501. The number of halogens is 1. The van der Waals surface area contributed by atoms with Crippen molar-refractivity contribution in [2.45, 2.75) is 30.2 Å². The third-order valence-electron chi connectivity index (χ3n) is 2.00. The molecule has 1 heterocycles. The first-order chi connectivity index (χ1) is 7.40. The van der Waals surface area contributed by atoms with Gasteiger partial charge in [-0.1, -0.05) is 18.5 Å². The van der Waals surface area contributed by atoms with E-state index in [4.69, 9.17) is 16.7 Å². The Morgan fingerprint density at radius 1 is 1.50 bits per heavy atom. The lowest BCUT2D eigenvalue weighted by Gasteiger charge is -2.13. The van der Waals surface area contributed by atoms with E-state index in [0.29, 0.717) is 5.03 Å². The lowest BCUT2D eigenvalue weighted by Crippen LogP contribution is -2.15. The van der Waals surface area contributed by atoms with Gasteiger partial charge in [-0.2, -0.15) is 0 Å². The number of aliphatic hydroxyl groups is 1. The van der Waals surface area contributed by atoms with E-state index in [1.807, 2.05) is 6.92 Å². The van der Waals surface area contributed by atoms with Crippen LogP contribution in [0.3, 0.4) is 0 Å². The lowest BCUT2D eigenvalue weighted by atomic mass is 10.3. The Morgan fingerprint density at radius 2 is 2.12 bits per heavy atom. The van der Waals surface area contributed by atoms with Gasteiger partial charge in [0.1, 0.15) is 5.15 Å². The average Bonchev–Trinajstić information content (AvgIpc) is 2.16. The Kier molecular flexibility index (Phi) is 4.58. The van der Waals surface area contributed by atoms with Gasteiger partial charge in [0.2, 0.25) is 0 Å². The number of rotatable bonds is 4. The predicted octanol–water partition coefficient (Wildman–Crippen LogP) is 2.29. The summed E-state index contributed by atoms with van der Waals surface area (Å²) >= 11 is 7.00. The van der Waals surface area contributed by atoms with Gasteiger partial charge >= 0.3 is 5.97 Å². The number of aliphatic hydroxyl groups excluding tert-OH is 1. The minimum absolute atomic E-state index is 0.0763. The summed E-state index contributed by atoms with van der Waals surface area (Å²) in [7, 11) is 0. The van der Waals surface area contributed by atoms with E-state index in [2.05, 4.69) is 4.98 Å². The highest BCUT2D eigenvalue weighted by atomic mass is 35.5. The van der Waals surface area contributed by atoms with Crippen molar-refractivity contribution in [3.63, 3.8) is 0 Å². The molecule has 1 aromatic heterocycles. The van der Waals surface area contributed by atoms with Crippen molar-refractivity contribution in [3.05, 3.63) is 22.8 Å². The van der Waals surface area contributed by atoms with Crippen molar-refractivity contribution in [1.29, 1.82) is 0 Å². The van der Waals surface area contributed by atoms with Crippen molar-refractivity contribution < 1.29 is 15.0 Å². The number of pyridine rings is 1. The van der Waals surface area contributed by atoms with Crippen molar-refractivity contribution in [3.8, 4) is 0 Å². The van der Waals surface area contributed by atoms with E-state index in [0.717, 1.165) is 0 Å². The Labute approximate surface area is 103 Å². The van der Waals surface area contributed by atoms with Crippen LogP contribution in [0.2, 0.25) is 5.15 Å². The first kappa shape index (κ1) is 13.3. The second-order valence-corrected chi connectivity index (χ2v) is 5.17. The molecule has 2 N–H and O–H groups in total. The molecule has 0 saturated carbocycles. The first-order valence-corrected chi connectivity index (χ1v) is 5.91. The van der Waals surface area contributed by atoms with Crippen LogP contribution in [0.5, 0.6) is 0 Å². The second kappa shape index (κ2) is 5.52. The monoisotopic (exact) mass is 261 g/mol. The molecule has 4 nitrogen and oxygen atoms in total. The molecule has 2 atom stereocenters. The molecule has 88 valence electrons. The van der Waals surface area contributed by atoms with Crippen LogP contribution in [-0.4, -0.2) is 32.5 Å². The molecular formula is C10H12ClNO3S. The van der Waals surface area contributed by atoms with Crippen LogP contribution in [0, 0.1) is 0 Å². The second-order valence-electron chi connectivity index (χ2n) is 3.39. The van der Waals surface area contributed by atoms with Crippen LogP contribution >= 0.6 is 23.4 Å². The highest BCUT2D eigenvalue weighted by Gasteiger charge is 2.14. The zero-order valence-corrected chi connectivity index (χ0v) is 10.4. The summed E-state index contributed by atoms with van der Waals surface area (Å²) in [5.74, 6) is -1.05. The van der Waals surface area contributed by atoms with Gasteiger partial charge in [0.05, 0.1) is 16.7 Å². The molecule has 0 spiro atoms. The highest BCUT2D eigenvalue weighted by Crippen LogP contribution is 2.26. The fourth-order valence-electron chi connectivity index (χ4n) is 0.946. The molecule has 0 aliphatic carbocycles. The van der Waals surface area contributed by atoms with Gasteiger partial charge in [-0.05, 0) is 19.1 Å². The minimum atomic E-state index is -1.05. The topological polar surface area (TPSA) is 70.4 Å². The smallest absolute Gasteiger partial charge is 0.335 e. The molecule has 0 amide bonds. The zero-order valence-electron chi connectivity index (χ0n) is 8.85. The van der Waals surface area contributed by atoms with Crippen LogP contribution in [0.25, 0.3) is 0 Å². The van der Waals surface area contributed by atoms with Crippen LogP contribution in [0.4, 0.5) is 0 Å². The molecule has 16 heavy (non-hydrogen) atoms. The summed E-state index contributed by atoms with van der Waals surface area (Å²) in [6, 6.07) is 2.73. The summed E-state index contributed by atoms with van der Waals surface area (Å²) in [4.78, 5) is 14.8. The molecule has 0 aliphatic rings. The maximum atomic E-state index is 10.8. The summed E-state index contributed by atoms with van der Waals surface area (Å²) in [5.41, 5.74) is 0.0975. The van der Waals surface area contributed by atoms with E-state index in [1.54, 1.807) is 6.92 Å². The Balaban J connectivity index is 2.92. The van der Waals surface area contributed by atoms with Gasteiger partial charge in [0.25, 0.3) is 0 Å². The van der Waals surface area contributed by atoms with Crippen LogP contribution in [-0.2, 0) is 0 Å². The number of carboxylic acids is 1. The molecule has 0 bridgehead atoms. The van der Waals surface area contributed by atoms with E-state index >= 15 is 0 Å². The Bertz CT molecular complexity index is 398. The largest absolute Gasteiger partial charge is 0.478 e. The average molecular weight is 262 g/mol. The minimum Gasteiger partial charge on any atom is -0.478 e. The maximum absolute atomic E-state index is 10.8. The third-order valence-corrected chi connectivity index (χ3v) is 3.41. The first-order valence-electron chi connectivity index (χ1n) is 4.65. The molecule has 6 heteroatoms. The van der Waals surface area contributed by atoms with E-state index < -0.39 is 12.1 Å². The Hall–Kier alpha value is -0.780. The number of hydrogen-bond donors (Lipinski definition) is 2. The number of thioether (sulfide) groups is 1. The van der Waals surface area contributed by atoms with Gasteiger partial charge in [0, 0.05) is 5.25 Å². The SMILES string of the molecule is CC(O)C(C)Sc1cc(C(=O)O)cc(Cl)n1. The predicted molar refractivity (Wildman–Crippen MR) is 63.2 cm³/mol. The van der Waals surface area contributed by atoms with E-state index in [1.165, 1.54) is 23.9 Å². The number of nitrogens with zero attached hydrogens (tertiary/aromatic N) is 1. The Morgan fingerprint density at radius 3 is 2.62 bits per heavy atom. The molecule has 0 fully saturated rings. The van der Waals surface area contributed by atoms with Crippen LogP contribution < -0.4 is 0 Å². The number of carboxylic acid groups (broad SMARTS) is 1. The third kappa shape index (κ3) is 3.66. The molecule has 2 unspecified atom stereocenters. The van der Waals surface area contributed by atoms with Gasteiger partial charge in [-0.3, -0.25) is 0 Å². The molecule has 0 radical (unpaired) electrons. The normalized spacial score (nSPS) is 14.5. The molecule has 0 aromatic carbocycles. The summed E-state index contributed by atoms with van der Waals surface area (Å²) in [6.45, 7) is 3.50. The quantitative estimate of drug-likeness (QED) is 0.643. The van der Waals surface area contributed by atoms with Crippen LogP contribution in [0.15, 0.2) is 17.2 Å². The lowest BCUT2D eigenvalue weighted by molar-refractivity contribution is 0.0696. The standard InChI is InChI=1S/C10H12ClNO3S/c1-5(13)6(2)16-9-4-7(10(14)15)3-8(11)12-9/h3-6,13H,1-2H3,(H,14,15).